The molecular weight excluding hydrogens is 366 g/mol. The van der Waals surface area contributed by atoms with E-state index in [-0.39, 0.29) is 5.91 Å². The van der Waals surface area contributed by atoms with Gasteiger partial charge in [0.25, 0.3) is 0 Å². The number of hydrogen-bond donors (Lipinski definition) is 1. The number of amides is 1. The molecule has 1 atom stereocenters. The van der Waals surface area contributed by atoms with Crippen molar-refractivity contribution in [2.45, 2.75) is 31.7 Å². The molecule has 2 aromatic carbocycles. The van der Waals surface area contributed by atoms with E-state index in [0.717, 1.165) is 18.4 Å². The van der Waals surface area contributed by atoms with Crippen molar-refractivity contribution in [3.63, 3.8) is 0 Å². The van der Waals surface area contributed by atoms with Crippen molar-refractivity contribution in [2.75, 3.05) is 13.1 Å². The van der Waals surface area contributed by atoms with Gasteiger partial charge in [-0.05, 0) is 49.4 Å². The van der Waals surface area contributed by atoms with Crippen molar-refractivity contribution >= 4 is 27.9 Å². The molecule has 1 unspecified atom stereocenters. The lowest BCUT2D eigenvalue weighted by atomic mass is 9.89. The van der Waals surface area contributed by atoms with Crippen molar-refractivity contribution < 1.29 is 9.21 Å². The van der Waals surface area contributed by atoms with Crippen LogP contribution in [0.1, 0.15) is 37.3 Å². The molecule has 0 saturated carbocycles. The highest BCUT2D eigenvalue weighted by atomic mass is 16.4. The number of benzene rings is 2. The molecule has 4 aromatic rings. The standard InChI is InChI=1S/C23H23N3O3/c1-15(26-20-8-4-5-9-21(20)29-23(26)28)22(27)25-12-10-16(11-13-25)18-14-24-19-7-3-2-6-17(18)19/h2-9,14-16,24H,10-13H2,1H3. The number of piperidine rings is 1. The molecule has 0 aliphatic carbocycles. The molecule has 0 bridgehead atoms. The monoisotopic (exact) mass is 389 g/mol. The van der Waals surface area contributed by atoms with Gasteiger partial charge < -0.3 is 14.3 Å². The maximum absolute atomic E-state index is 13.1. The number of carbonyl (C=O) groups is 1. The quantitative estimate of drug-likeness (QED) is 0.575. The predicted molar refractivity (Wildman–Crippen MR) is 112 cm³/mol. The number of nitrogens with one attached hydrogen (secondary N) is 1. The first-order valence-corrected chi connectivity index (χ1v) is 10.1. The first-order chi connectivity index (χ1) is 14.1. The smallest absolute Gasteiger partial charge is 0.408 e. The summed E-state index contributed by atoms with van der Waals surface area (Å²) >= 11 is 0. The van der Waals surface area contributed by atoms with E-state index in [1.807, 2.05) is 29.2 Å². The van der Waals surface area contributed by atoms with Crippen LogP contribution in [0.3, 0.4) is 0 Å². The second-order valence-corrected chi connectivity index (χ2v) is 7.77. The lowest BCUT2D eigenvalue weighted by Crippen LogP contribution is -2.42. The van der Waals surface area contributed by atoms with E-state index in [2.05, 4.69) is 29.4 Å². The van der Waals surface area contributed by atoms with Gasteiger partial charge in [-0.1, -0.05) is 30.3 Å². The molecule has 1 saturated heterocycles. The minimum Gasteiger partial charge on any atom is -0.408 e. The van der Waals surface area contributed by atoms with E-state index >= 15 is 0 Å². The lowest BCUT2D eigenvalue weighted by molar-refractivity contribution is -0.135. The first-order valence-electron chi connectivity index (χ1n) is 10.1. The van der Waals surface area contributed by atoms with Gasteiger partial charge in [-0.15, -0.1) is 0 Å². The number of carbonyl (C=O) groups excluding carboxylic acids is 1. The van der Waals surface area contributed by atoms with Crippen LogP contribution in [0.5, 0.6) is 0 Å². The SMILES string of the molecule is CC(C(=O)N1CCC(c2c[nH]c3ccccc23)CC1)n1c(=O)oc2ccccc21. The molecule has 6 nitrogen and oxygen atoms in total. The number of fused-ring (bicyclic) bond motifs is 2. The summed E-state index contributed by atoms with van der Waals surface area (Å²) < 4.78 is 6.76. The molecule has 29 heavy (non-hydrogen) atoms. The fourth-order valence-corrected chi connectivity index (χ4v) is 4.57. The Morgan fingerprint density at radius 1 is 1.10 bits per heavy atom. The summed E-state index contributed by atoms with van der Waals surface area (Å²) in [5.41, 5.74) is 3.65. The van der Waals surface area contributed by atoms with E-state index in [0.29, 0.717) is 30.1 Å². The number of hydrogen-bond acceptors (Lipinski definition) is 3. The molecule has 3 heterocycles. The third-order valence-corrected chi connectivity index (χ3v) is 6.13. The topological polar surface area (TPSA) is 71.2 Å². The summed E-state index contributed by atoms with van der Waals surface area (Å²) in [5, 5.41) is 1.27. The van der Waals surface area contributed by atoms with E-state index in [9.17, 15) is 9.59 Å². The van der Waals surface area contributed by atoms with Crippen LogP contribution in [0.15, 0.2) is 63.9 Å². The first kappa shape index (κ1) is 17.8. The molecule has 0 radical (unpaired) electrons. The maximum atomic E-state index is 13.1. The van der Waals surface area contributed by atoms with Crippen molar-refractivity contribution in [3.8, 4) is 0 Å². The van der Waals surface area contributed by atoms with E-state index < -0.39 is 11.8 Å². The third kappa shape index (κ3) is 2.95. The Hall–Kier alpha value is -3.28. The van der Waals surface area contributed by atoms with Crippen LogP contribution in [0.4, 0.5) is 0 Å². The fourth-order valence-electron chi connectivity index (χ4n) is 4.57. The van der Waals surface area contributed by atoms with Crippen LogP contribution in [0.25, 0.3) is 22.0 Å². The number of aromatic amines is 1. The summed E-state index contributed by atoms with van der Waals surface area (Å²) in [6.45, 7) is 3.16. The average molecular weight is 389 g/mol. The van der Waals surface area contributed by atoms with Gasteiger partial charge in [0.05, 0.1) is 5.52 Å². The zero-order chi connectivity index (χ0) is 20.0. The van der Waals surface area contributed by atoms with E-state index in [1.165, 1.54) is 15.5 Å². The lowest BCUT2D eigenvalue weighted by Gasteiger charge is -2.33. The van der Waals surface area contributed by atoms with Gasteiger partial charge in [0.2, 0.25) is 5.91 Å². The van der Waals surface area contributed by atoms with Gasteiger partial charge in [0, 0.05) is 30.2 Å². The molecule has 1 fully saturated rings. The van der Waals surface area contributed by atoms with Crippen molar-refractivity contribution in [1.29, 1.82) is 0 Å². The third-order valence-electron chi connectivity index (χ3n) is 6.13. The van der Waals surface area contributed by atoms with Gasteiger partial charge in [-0.3, -0.25) is 9.36 Å². The summed E-state index contributed by atoms with van der Waals surface area (Å²) in [7, 11) is 0. The summed E-state index contributed by atoms with van der Waals surface area (Å²) in [5.74, 6) is -0.0836. The Balaban J connectivity index is 1.33. The molecule has 1 aliphatic heterocycles. The number of rotatable bonds is 3. The Bertz CT molecular complexity index is 1240. The largest absolute Gasteiger partial charge is 0.420 e. The van der Waals surface area contributed by atoms with E-state index in [1.54, 1.807) is 13.0 Å². The van der Waals surface area contributed by atoms with Crippen LogP contribution in [0, 0.1) is 0 Å². The van der Waals surface area contributed by atoms with Crippen molar-refractivity contribution in [2.24, 2.45) is 0 Å². The molecular formula is C23H23N3O3. The molecule has 1 aliphatic rings. The van der Waals surface area contributed by atoms with Gasteiger partial charge in [-0.2, -0.15) is 0 Å². The molecule has 148 valence electrons. The number of para-hydroxylation sites is 3. The molecule has 1 amide bonds. The number of nitrogens with zero attached hydrogens (tertiary/aromatic N) is 2. The second-order valence-electron chi connectivity index (χ2n) is 7.77. The highest BCUT2D eigenvalue weighted by Crippen LogP contribution is 2.33. The second kappa shape index (κ2) is 6.95. The van der Waals surface area contributed by atoms with Crippen LogP contribution < -0.4 is 5.76 Å². The zero-order valence-electron chi connectivity index (χ0n) is 16.3. The Labute approximate surface area is 167 Å². The highest BCUT2D eigenvalue weighted by molar-refractivity contribution is 5.84. The Kier molecular flexibility index (Phi) is 4.27. The van der Waals surface area contributed by atoms with E-state index in [4.69, 9.17) is 4.42 Å². The van der Waals surface area contributed by atoms with Crippen molar-refractivity contribution in [3.05, 3.63) is 70.8 Å². The number of H-pyrrole nitrogens is 1. The van der Waals surface area contributed by atoms with Crippen LogP contribution in [-0.4, -0.2) is 33.4 Å². The van der Waals surface area contributed by atoms with Gasteiger partial charge in [0.1, 0.15) is 6.04 Å². The molecule has 5 rings (SSSR count). The molecule has 6 heteroatoms. The Morgan fingerprint density at radius 3 is 2.66 bits per heavy atom. The summed E-state index contributed by atoms with van der Waals surface area (Å²) in [4.78, 5) is 30.7. The minimum atomic E-state index is -0.587. The normalized spacial score (nSPS) is 16.5. The summed E-state index contributed by atoms with van der Waals surface area (Å²) in [6, 6.07) is 15.0. The minimum absolute atomic E-state index is 0.0315. The Morgan fingerprint density at radius 2 is 1.83 bits per heavy atom. The molecule has 2 aromatic heterocycles. The molecule has 0 spiro atoms. The highest BCUT2D eigenvalue weighted by Gasteiger charge is 2.30. The van der Waals surface area contributed by atoms with Gasteiger partial charge in [-0.25, -0.2) is 4.79 Å². The van der Waals surface area contributed by atoms with Gasteiger partial charge >= 0.3 is 5.76 Å². The van der Waals surface area contributed by atoms with Gasteiger partial charge in [0.15, 0.2) is 5.58 Å². The van der Waals surface area contributed by atoms with Crippen molar-refractivity contribution in [1.82, 2.24) is 14.5 Å². The van der Waals surface area contributed by atoms with Crippen LogP contribution in [-0.2, 0) is 4.79 Å². The fraction of sp³-hybridized carbons (Fsp3) is 0.304. The van der Waals surface area contributed by atoms with Crippen LogP contribution in [0.2, 0.25) is 0 Å². The summed E-state index contributed by atoms with van der Waals surface area (Å²) in [6.07, 6.45) is 3.94. The predicted octanol–water partition coefficient (Wildman–Crippen LogP) is 4.04. The zero-order valence-corrected chi connectivity index (χ0v) is 16.3. The molecule has 1 N–H and O–H groups in total. The number of oxazole rings is 1. The maximum Gasteiger partial charge on any atom is 0.420 e. The van der Waals surface area contributed by atoms with Crippen LogP contribution >= 0.6 is 0 Å². The average Bonchev–Trinajstić information content (AvgIpc) is 3.33. The number of aromatic nitrogens is 2. The number of likely N-dealkylation sites (tertiary alicyclic amines) is 1.